The predicted octanol–water partition coefficient (Wildman–Crippen LogP) is 2.85. The van der Waals surface area contributed by atoms with E-state index in [0.717, 1.165) is 5.56 Å². The van der Waals surface area contributed by atoms with Crippen LogP contribution in [0.15, 0.2) is 54.6 Å². The monoisotopic (exact) mass is 339 g/mol. The van der Waals surface area contributed by atoms with E-state index in [0.29, 0.717) is 11.4 Å². The molecule has 0 heterocycles. The van der Waals surface area contributed by atoms with Crippen molar-refractivity contribution < 1.29 is 14.4 Å². The summed E-state index contributed by atoms with van der Waals surface area (Å²) in [6.07, 6.45) is 0.122. The lowest BCUT2D eigenvalue weighted by Crippen LogP contribution is -2.29. The molecule has 0 bridgehead atoms. The molecule has 0 aliphatic rings. The van der Waals surface area contributed by atoms with Crippen molar-refractivity contribution in [2.24, 2.45) is 0 Å². The Bertz CT molecular complexity index is 742. The summed E-state index contributed by atoms with van der Waals surface area (Å²) in [7, 11) is 0. The lowest BCUT2D eigenvalue weighted by atomic mass is 10.0. The van der Waals surface area contributed by atoms with Gasteiger partial charge in [0.25, 0.3) is 0 Å². The van der Waals surface area contributed by atoms with Crippen molar-refractivity contribution in [1.82, 2.24) is 5.32 Å². The van der Waals surface area contributed by atoms with Gasteiger partial charge in [-0.05, 0) is 29.8 Å². The van der Waals surface area contributed by atoms with Gasteiger partial charge >= 0.3 is 0 Å². The quantitative estimate of drug-likeness (QED) is 0.756. The zero-order valence-electron chi connectivity index (χ0n) is 14.2. The van der Waals surface area contributed by atoms with Crippen LogP contribution < -0.4 is 16.0 Å². The van der Waals surface area contributed by atoms with Crippen molar-refractivity contribution in [2.45, 2.75) is 26.3 Å². The number of anilines is 2. The zero-order valence-corrected chi connectivity index (χ0v) is 14.2. The summed E-state index contributed by atoms with van der Waals surface area (Å²) in [5, 5.41) is 8.25. The van der Waals surface area contributed by atoms with Gasteiger partial charge in [-0.3, -0.25) is 14.4 Å². The molecule has 0 aliphatic carbocycles. The molecule has 0 unspecified atom stereocenters. The first-order chi connectivity index (χ1) is 11.9. The van der Waals surface area contributed by atoms with Crippen LogP contribution in [-0.2, 0) is 14.4 Å². The van der Waals surface area contributed by atoms with Gasteiger partial charge in [-0.2, -0.15) is 0 Å². The van der Waals surface area contributed by atoms with E-state index in [9.17, 15) is 14.4 Å². The van der Waals surface area contributed by atoms with Gasteiger partial charge in [0.1, 0.15) is 0 Å². The Morgan fingerprint density at radius 3 is 1.88 bits per heavy atom. The second-order valence-corrected chi connectivity index (χ2v) is 5.67. The highest BCUT2D eigenvalue weighted by molar-refractivity contribution is 5.92. The first-order valence-electron chi connectivity index (χ1n) is 7.93. The lowest BCUT2D eigenvalue weighted by Gasteiger charge is -2.18. The first-order valence-corrected chi connectivity index (χ1v) is 7.93. The van der Waals surface area contributed by atoms with Crippen LogP contribution in [-0.4, -0.2) is 17.7 Å². The van der Waals surface area contributed by atoms with Crippen LogP contribution in [0.5, 0.6) is 0 Å². The van der Waals surface area contributed by atoms with Crippen LogP contribution in [0.3, 0.4) is 0 Å². The van der Waals surface area contributed by atoms with Crippen LogP contribution in [0, 0.1) is 0 Å². The maximum absolute atomic E-state index is 12.3. The van der Waals surface area contributed by atoms with Crippen LogP contribution in [0.4, 0.5) is 11.4 Å². The highest BCUT2D eigenvalue weighted by atomic mass is 16.2. The number of hydrogen-bond acceptors (Lipinski definition) is 3. The van der Waals surface area contributed by atoms with E-state index in [-0.39, 0.29) is 24.1 Å². The Hall–Kier alpha value is -3.15. The van der Waals surface area contributed by atoms with Crippen LogP contribution >= 0.6 is 0 Å². The molecule has 25 heavy (non-hydrogen) atoms. The summed E-state index contributed by atoms with van der Waals surface area (Å²) in [6.45, 7) is 2.86. The topological polar surface area (TPSA) is 87.3 Å². The third-order valence-electron chi connectivity index (χ3n) is 3.46. The lowest BCUT2D eigenvalue weighted by molar-refractivity contribution is -0.120. The zero-order chi connectivity index (χ0) is 18.2. The molecule has 0 saturated carbocycles. The third-order valence-corrected chi connectivity index (χ3v) is 3.46. The van der Waals surface area contributed by atoms with Gasteiger partial charge in [-0.15, -0.1) is 0 Å². The molecule has 0 saturated heterocycles. The molecule has 0 fully saturated rings. The number of benzene rings is 2. The normalized spacial score (nSPS) is 11.3. The molecule has 6 heteroatoms. The number of rotatable bonds is 6. The van der Waals surface area contributed by atoms with Gasteiger partial charge in [0.15, 0.2) is 0 Å². The van der Waals surface area contributed by atoms with Gasteiger partial charge in [0.2, 0.25) is 17.7 Å². The van der Waals surface area contributed by atoms with E-state index in [4.69, 9.17) is 0 Å². The average molecular weight is 339 g/mol. The van der Waals surface area contributed by atoms with Gasteiger partial charge in [0, 0.05) is 25.2 Å². The highest BCUT2D eigenvalue weighted by Crippen LogP contribution is 2.19. The van der Waals surface area contributed by atoms with Crippen molar-refractivity contribution >= 4 is 29.1 Å². The number of nitrogens with one attached hydrogen (secondary N) is 3. The molecule has 0 aromatic heterocycles. The van der Waals surface area contributed by atoms with E-state index < -0.39 is 6.04 Å². The third kappa shape index (κ3) is 6.10. The Morgan fingerprint density at radius 2 is 1.36 bits per heavy atom. The molecular weight excluding hydrogens is 318 g/mol. The van der Waals surface area contributed by atoms with Crippen molar-refractivity contribution in [3.8, 4) is 0 Å². The fourth-order valence-corrected chi connectivity index (χ4v) is 2.42. The fraction of sp³-hybridized carbons (Fsp3) is 0.211. The summed E-state index contributed by atoms with van der Waals surface area (Å²) in [4.78, 5) is 34.7. The minimum atomic E-state index is -0.391. The molecule has 2 aromatic rings. The average Bonchev–Trinajstić information content (AvgIpc) is 2.56. The predicted molar refractivity (Wildman–Crippen MR) is 97.0 cm³/mol. The molecule has 1 atom stereocenters. The first kappa shape index (κ1) is 18.2. The molecule has 0 spiro atoms. The minimum absolute atomic E-state index is 0.122. The Kier molecular flexibility index (Phi) is 6.28. The molecular formula is C19H21N3O3. The van der Waals surface area contributed by atoms with E-state index >= 15 is 0 Å². The van der Waals surface area contributed by atoms with Crippen molar-refractivity contribution in [2.75, 3.05) is 10.6 Å². The smallest absolute Gasteiger partial charge is 0.226 e. The second kappa shape index (κ2) is 8.63. The summed E-state index contributed by atoms with van der Waals surface area (Å²) >= 11 is 0. The van der Waals surface area contributed by atoms with Crippen molar-refractivity contribution in [3.05, 3.63) is 60.2 Å². The highest BCUT2D eigenvalue weighted by Gasteiger charge is 2.17. The Labute approximate surface area is 146 Å². The van der Waals surface area contributed by atoms with E-state index in [2.05, 4.69) is 16.0 Å². The summed E-state index contributed by atoms with van der Waals surface area (Å²) in [5.41, 5.74) is 2.15. The SMILES string of the molecule is CC(=O)Nc1ccc(NC(=O)C[C@@H](NC(C)=O)c2ccccc2)cc1. The largest absolute Gasteiger partial charge is 0.349 e. The molecule has 0 radical (unpaired) electrons. The van der Waals surface area contributed by atoms with Crippen LogP contribution in [0.2, 0.25) is 0 Å². The number of carbonyl (C=O) groups is 3. The van der Waals surface area contributed by atoms with E-state index in [1.165, 1.54) is 13.8 Å². The summed E-state index contributed by atoms with van der Waals surface area (Å²) < 4.78 is 0. The Morgan fingerprint density at radius 1 is 0.800 bits per heavy atom. The minimum Gasteiger partial charge on any atom is -0.349 e. The standard InChI is InChI=1S/C19H21N3O3/c1-13(23)20-16-8-10-17(11-9-16)22-19(25)12-18(21-14(2)24)15-6-4-3-5-7-15/h3-11,18H,12H2,1-2H3,(H,20,23)(H,21,24)(H,22,25)/t18-/m1/s1. The second-order valence-electron chi connectivity index (χ2n) is 5.67. The van der Waals surface area contributed by atoms with E-state index in [1.54, 1.807) is 24.3 Å². The van der Waals surface area contributed by atoms with Crippen LogP contribution in [0.1, 0.15) is 31.9 Å². The Balaban J connectivity index is 2.01. The number of amides is 3. The van der Waals surface area contributed by atoms with Gasteiger partial charge < -0.3 is 16.0 Å². The molecule has 3 amide bonds. The van der Waals surface area contributed by atoms with Crippen molar-refractivity contribution in [1.29, 1.82) is 0 Å². The number of carbonyl (C=O) groups excluding carboxylic acids is 3. The molecule has 0 aliphatic heterocycles. The molecule has 2 aromatic carbocycles. The molecule has 6 nitrogen and oxygen atoms in total. The summed E-state index contributed by atoms with van der Waals surface area (Å²) in [5.74, 6) is -0.561. The van der Waals surface area contributed by atoms with Gasteiger partial charge in [0.05, 0.1) is 12.5 Å². The number of hydrogen-bond donors (Lipinski definition) is 3. The van der Waals surface area contributed by atoms with Crippen molar-refractivity contribution in [3.63, 3.8) is 0 Å². The van der Waals surface area contributed by atoms with E-state index in [1.807, 2.05) is 30.3 Å². The maximum atomic E-state index is 12.3. The van der Waals surface area contributed by atoms with Gasteiger partial charge in [-0.25, -0.2) is 0 Å². The maximum Gasteiger partial charge on any atom is 0.226 e. The van der Waals surface area contributed by atoms with Gasteiger partial charge in [-0.1, -0.05) is 30.3 Å². The molecule has 130 valence electrons. The van der Waals surface area contributed by atoms with Crippen LogP contribution in [0.25, 0.3) is 0 Å². The molecule has 2 rings (SSSR count). The fourth-order valence-electron chi connectivity index (χ4n) is 2.42. The molecule has 3 N–H and O–H groups in total. The summed E-state index contributed by atoms with van der Waals surface area (Å²) in [6, 6.07) is 15.8.